The van der Waals surface area contributed by atoms with Crippen molar-refractivity contribution in [3.8, 4) is 11.1 Å². The zero-order valence-corrected chi connectivity index (χ0v) is 12.0. The molecule has 0 saturated heterocycles. The summed E-state index contributed by atoms with van der Waals surface area (Å²) in [5, 5.41) is 0. The normalized spacial score (nSPS) is 12.0. The van der Waals surface area contributed by atoms with Gasteiger partial charge in [0.15, 0.2) is 0 Å². The van der Waals surface area contributed by atoms with Gasteiger partial charge in [-0.1, -0.05) is 38.1 Å². The molecule has 2 rings (SSSR count). The maximum atomic E-state index is 13.0. The summed E-state index contributed by atoms with van der Waals surface area (Å²) in [4.78, 5) is 0. The Bertz CT molecular complexity index is 630. The molecule has 2 aromatic carbocycles. The predicted molar refractivity (Wildman–Crippen MR) is 78.9 cm³/mol. The van der Waals surface area contributed by atoms with Gasteiger partial charge in [0.2, 0.25) is 0 Å². The van der Waals surface area contributed by atoms with Gasteiger partial charge in [-0.3, -0.25) is 0 Å². The van der Waals surface area contributed by atoms with Crippen LogP contribution in [0.5, 0.6) is 0 Å². The summed E-state index contributed by atoms with van der Waals surface area (Å²) in [6.45, 7) is 4.13. The maximum Gasteiger partial charge on any atom is 0.416 e. The van der Waals surface area contributed by atoms with Crippen LogP contribution in [0, 0.1) is 0 Å². The van der Waals surface area contributed by atoms with Gasteiger partial charge < -0.3 is 5.73 Å². The van der Waals surface area contributed by atoms with Crippen molar-refractivity contribution in [3.63, 3.8) is 0 Å². The fourth-order valence-corrected chi connectivity index (χ4v) is 2.39. The Labute approximate surface area is 122 Å². The summed E-state index contributed by atoms with van der Waals surface area (Å²) >= 11 is 0. The van der Waals surface area contributed by atoms with E-state index >= 15 is 0 Å². The molecule has 0 heterocycles. The molecule has 1 nitrogen and oxygen atoms in total. The summed E-state index contributed by atoms with van der Waals surface area (Å²) in [7, 11) is 0. The van der Waals surface area contributed by atoms with Crippen LogP contribution in [0.25, 0.3) is 11.1 Å². The number of alkyl halides is 3. The first kappa shape index (κ1) is 15.6. The van der Waals surface area contributed by atoms with Crippen LogP contribution in [-0.2, 0) is 12.7 Å². The van der Waals surface area contributed by atoms with Gasteiger partial charge in [0.25, 0.3) is 0 Å². The Morgan fingerprint density at radius 3 is 2.29 bits per heavy atom. The molecule has 0 radical (unpaired) electrons. The molecule has 0 fully saturated rings. The van der Waals surface area contributed by atoms with Gasteiger partial charge in [0.05, 0.1) is 5.56 Å². The Kier molecular flexibility index (Phi) is 4.37. The Morgan fingerprint density at radius 1 is 1.05 bits per heavy atom. The zero-order valence-electron chi connectivity index (χ0n) is 12.0. The van der Waals surface area contributed by atoms with Gasteiger partial charge in [-0.2, -0.15) is 13.2 Å². The minimum absolute atomic E-state index is 0.0841. The molecule has 4 heteroatoms. The van der Waals surface area contributed by atoms with Crippen LogP contribution in [0.4, 0.5) is 13.2 Å². The first-order chi connectivity index (χ1) is 9.82. The molecule has 21 heavy (non-hydrogen) atoms. The Morgan fingerprint density at radius 2 is 1.71 bits per heavy atom. The highest BCUT2D eigenvalue weighted by atomic mass is 19.4. The predicted octanol–water partition coefficient (Wildman–Crippen LogP) is 4.95. The minimum Gasteiger partial charge on any atom is -0.326 e. The van der Waals surface area contributed by atoms with Crippen molar-refractivity contribution in [3.05, 3.63) is 59.2 Å². The second-order valence-corrected chi connectivity index (χ2v) is 5.36. The summed E-state index contributed by atoms with van der Waals surface area (Å²) in [6.07, 6.45) is -4.37. The number of halogens is 3. The van der Waals surface area contributed by atoms with Crippen molar-refractivity contribution in [1.82, 2.24) is 0 Å². The molecule has 112 valence electrons. The van der Waals surface area contributed by atoms with Crippen molar-refractivity contribution >= 4 is 0 Å². The Balaban J connectivity index is 2.64. The lowest BCUT2D eigenvalue weighted by molar-refractivity contribution is -0.137. The van der Waals surface area contributed by atoms with Crippen LogP contribution < -0.4 is 5.73 Å². The van der Waals surface area contributed by atoms with E-state index in [2.05, 4.69) is 0 Å². The van der Waals surface area contributed by atoms with Gasteiger partial charge >= 0.3 is 6.18 Å². The monoisotopic (exact) mass is 293 g/mol. The van der Waals surface area contributed by atoms with E-state index in [0.29, 0.717) is 11.1 Å². The molecule has 0 saturated carbocycles. The third kappa shape index (κ3) is 3.45. The summed E-state index contributed by atoms with van der Waals surface area (Å²) in [6, 6.07) is 11.6. The fourth-order valence-electron chi connectivity index (χ4n) is 2.39. The zero-order chi connectivity index (χ0) is 15.6. The number of rotatable bonds is 3. The van der Waals surface area contributed by atoms with Crippen LogP contribution in [0.1, 0.15) is 36.5 Å². The average molecular weight is 293 g/mol. The van der Waals surface area contributed by atoms with Gasteiger partial charge in [0.1, 0.15) is 0 Å². The topological polar surface area (TPSA) is 26.0 Å². The average Bonchev–Trinajstić information content (AvgIpc) is 2.45. The fraction of sp³-hybridized carbons (Fsp3) is 0.294. The lowest BCUT2D eigenvalue weighted by Gasteiger charge is -2.16. The molecular weight excluding hydrogens is 275 g/mol. The minimum atomic E-state index is -4.37. The third-order valence-corrected chi connectivity index (χ3v) is 3.45. The highest BCUT2D eigenvalue weighted by Gasteiger charge is 2.31. The lowest BCUT2D eigenvalue weighted by Crippen LogP contribution is -2.08. The van der Waals surface area contributed by atoms with Gasteiger partial charge in [0, 0.05) is 6.54 Å². The summed E-state index contributed by atoms with van der Waals surface area (Å²) in [5.41, 5.74) is 7.79. The molecule has 0 aliphatic rings. The van der Waals surface area contributed by atoms with Crippen molar-refractivity contribution in [1.29, 1.82) is 0 Å². The van der Waals surface area contributed by atoms with Gasteiger partial charge in [-0.05, 0) is 46.4 Å². The second-order valence-electron chi connectivity index (χ2n) is 5.36. The molecule has 0 unspecified atom stereocenters. The second kappa shape index (κ2) is 5.90. The SMILES string of the molecule is CC(C)c1ccccc1-c1cc(CN)cc(C(F)(F)F)c1. The summed E-state index contributed by atoms with van der Waals surface area (Å²) < 4.78 is 39.1. The quantitative estimate of drug-likeness (QED) is 0.851. The number of hydrogen-bond donors (Lipinski definition) is 1. The van der Waals surface area contributed by atoms with Gasteiger partial charge in [-0.25, -0.2) is 0 Å². The molecule has 2 aromatic rings. The van der Waals surface area contributed by atoms with Crippen molar-refractivity contribution < 1.29 is 13.2 Å². The molecule has 0 atom stereocenters. The van der Waals surface area contributed by atoms with E-state index < -0.39 is 11.7 Å². The molecule has 0 spiro atoms. The van der Waals surface area contributed by atoms with E-state index in [0.717, 1.165) is 17.2 Å². The van der Waals surface area contributed by atoms with E-state index in [4.69, 9.17) is 5.73 Å². The van der Waals surface area contributed by atoms with E-state index in [1.54, 1.807) is 6.07 Å². The van der Waals surface area contributed by atoms with E-state index in [9.17, 15) is 13.2 Å². The number of hydrogen-bond acceptors (Lipinski definition) is 1. The molecule has 2 N–H and O–H groups in total. The van der Waals surface area contributed by atoms with E-state index in [1.807, 2.05) is 38.1 Å². The van der Waals surface area contributed by atoms with Crippen LogP contribution in [-0.4, -0.2) is 0 Å². The number of benzene rings is 2. The van der Waals surface area contributed by atoms with Crippen molar-refractivity contribution in [2.75, 3.05) is 0 Å². The lowest BCUT2D eigenvalue weighted by atomic mass is 9.91. The molecule has 0 bridgehead atoms. The van der Waals surface area contributed by atoms with Crippen LogP contribution in [0.2, 0.25) is 0 Å². The molecule has 0 amide bonds. The van der Waals surface area contributed by atoms with E-state index in [1.165, 1.54) is 6.07 Å². The maximum absolute atomic E-state index is 13.0. The molecule has 0 aromatic heterocycles. The highest BCUT2D eigenvalue weighted by Crippen LogP contribution is 2.35. The van der Waals surface area contributed by atoms with Crippen molar-refractivity contribution in [2.45, 2.75) is 32.5 Å². The van der Waals surface area contributed by atoms with Crippen LogP contribution in [0.3, 0.4) is 0 Å². The first-order valence-corrected chi connectivity index (χ1v) is 6.83. The first-order valence-electron chi connectivity index (χ1n) is 6.83. The third-order valence-electron chi connectivity index (χ3n) is 3.45. The van der Waals surface area contributed by atoms with Crippen LogP contribution >= 0.6 is 0 Å². The van der Waals surface area contributed by atoms with Gasteiger partial charge in [-0.15, -0.1) is 0 Å². The van der Waals surface area contributed by atoms with E-state index in [-0.39, 0.29) is 12.5 Å². The Hall–Kier alpha value is -1.81. The molecule has 0 aliphatic carbocycles. The highest BCUT2D eigenvalue weighted by molar-refractivity contribution is 5.69. The van der Waals surface area contributed by atoms with Crippen molar-refractivity contribution in [2.24, 2.45) is 5.73 Å². The molecule has 0 aliphatic heterocycles. The smallest absolute Gasteiger partial charge is 0.326 e. The summed E-state index contributed by atoms with van der Waals surface area (Å²) in [5.74, 6) is 0.233. The largest absolute Gasteiger partial charge is 0.416 e. The number of nitrogens with two attached hydrogens (primary N) is 1. The molecular formula is C17H18F3N. The standard InChI is InChI=1S/C17H18F3N/c1-11(2)15-5-3-4-6-16(15)13-7-12(10-21)8-14(9-13)17(18,19)20/h3-9,11H,10,21H2,1-2H3. The van der Waals surface area contributed by atoms with Crippen LogP contribution in [0.15, 0.2) is 42.5 Å².